The van der Waals surface area contributed by atoms with Crippen molar-refractivity contribution in [3.05, 3.63) is 35.6 Å². The summed E-state index contributed by atoms with van der Waals surface area (Å²) in [6, 6.07) is 5.74. The molecule has 15 heavy (non-hydrogen) atoms. The van der Waals surface area contributed by atoms with Crippen molar-refractivity contribution in [3.8, 4) is 0 Å². The van der Waals surface area contributed by atoms with E-state index < -0.39 is 11.9 Å². The summed E-state index contributed by atoms with van der Waals surface area (Å²) in [5, 5.41) is 0.430. The van der Waals surface area contributed by atoms with E-state index in [1.807, 2.05) is 0 Å². The Labute approximate surface area is 83.5 Å². The molecule has 0 aliphatic carbocycles. The quantitative estimate of drug-likeness (QED) is 0.794. The molecule has 2 rings (SSSR count). The molecule has 0 aliphatic rings. The minimum atomic E-state index is -4.44. The Morgan fingerprint density at radius 1 is 1.20 bits per heavy atom. The average molecular weight is 215 g/mol. The molecule has 2 nitrogen and oxygen atoms in total. The van der Waals surface area contributed by atoms with Gasteiger partial charge in [-0.3, -0.25) is 0 Å². The zero-order valence-corrected chi connectivity index (χ0v) is 7.64. The molecule has 2 N–H and O–H groups in total. The van der Waals surface area contributed by atoms with Crippen LogP contribution in [0.2, 0.25) is 0 Å². The largest absolute Gasteiger partial charge is 0.451 e. The monoisotopic (exact) mass is 215 g/mol. The average Bonchev–Trinajstić information content (AvgIpc) is 2.59. The highest BCUT2D eigenvalue weighted by molar-refractivity contribution is 5.78. The van der Waals surface area contributed by atoms with E-state index in [2.05, 4.69) is 0 Å². The van der Waals surface area contributed by atoms with Crippen LogP contribution in [0.1, 0.15) is 11.3 Å². The van der Waals surface area contributed by atoms with Crippen molar-refractivity contribution >= 4 is 11.0 Å². The lowest BCUT2D eigenvalue weighted by Crippen LogP contribution is -2.01. The summed E-state index contributed by atoms with van der Waals surface area (Å²) >= 11 is 0. The molecule has 0 aliphatic heterocycles. The van der Waals surface area contributed by atoms with E-state index in [9.17, 15) is 13.2 Å². The van der Waals surface area contributed by atoms with Gasteiger partial charge in [-0.15, -0.1) is 0 Å². The first-order valence-electron chi connectivity index (χ1n) is 4.30. The SMILES string of the molecule is NCc1ccc2cc(C(F)(F)F)oc2c1. The third-order valence-corrected chi connectivity index (χ3v) is 2.10. The van der Waals surface area contributed by atoms with Crippen LogP contribution in [0.3, 0.4) is 0 Å². The van der Waals surface area contributed by atoms with Crippen LogP contribution in [0.25, 0.3) is 11.0 Å². The van der Waals surface area contributed by atoms with Gasteiger partial charge in [0, 0.05) is 11.9 Å². The Morgan fingerprint density at radius 3 is 2.53 bits per heavy atom. The van der Waals surface area contributed by atoms with Crippen molar-refractivity contribution in [2.75, 3.05) is 0 Å². The molecule has 0 unspecified atom stereocenters. The molecule has 2 aromatic rings. The third-order valence-electron chi connectivity index (χ3n) is 2.10. The number of hydrogen-bond donors (Lipinski definition) is 1. The Bertz CT molecular complexity index is 487. The summed E-state index contributed by atoms with van der Waals surface area (Å²) in [5.41, 5.74) is 6.32. The topological polar surface area (TPSA) is 39.2 Å². The Balaban J connectivity index is 2.56. The second-order valence-corrected chi connectivity index (χ2v) is 3.18. The molecule has 5 heteroatoms. The molecule has 0 atom stereocenters. The number of benzene rings is 1. The maximum absolute atomic E-state index is 12.3. The lowest BCUT2D eigenvalue weighted by molar-refractivity contribution is -0.152. The fourth-order valence-electron chi connectivity index (χ4n) is 1.34. The summed E-state index contributed by atoms with van der Waals surface area (Å²) in [4.78, 5) is 0. The van der Waals surface area contributed by atoms with E-state index >= 15 is 0 Å². The molecule has 0 amide bonds. The second kappa shape index (κ2) is 3.27. The molecular formula is C10H8F3NO. The van der Waals surface area contributed by atoms with Crippen molar-refractivity contribution in [3.63, 3.8) is 0 Å². The van der Waals surface area contributed by atoms with Gasteiger partial charge in [0.25, 0.3) is 0 Å². The fourth-order valence-corrected chi connectivity index (χ4v) is 1.34. The minimum Gasteiger partial charge on any atom is -0.451 e. The maximum Gasteiger partial charge on any atom is 0.449 e. The van der Waals surface area contributed by atoms with Gasteiger partial charge >= 0.3 is 6.18 Å². The van der Waals surface area contributed by atoms with Crippen LogP contribution in [0.15, 0.2) is 28.7 Å². The van der Waals surface area contributed by atoms with Crippen LogP contribution >= 0.6 is 0 Å². The molecule has 0 fully saturated rings. The number of nitrogens with two attached hydrogens (primary N) is 1. The van der Waals surface area contributed by atoms with Crippen molar-refractivity contribution in [1.29, 1.82) is 0 Å². The first kappa shape index (κ1) is 10.0. The molecular weight excluding hydrogens is 207 g/mol. The van der Waals surface area contributed by atoms with Gasteiger partial charge in [0.15, 0.2) is 0 Å². The Kier molecular flexibility index (Phi) is 2.19. The predicted octanol–water partition coefficient (Wildman–Crippen LogP) is 2.91. The zero-order valence-electron chi connectivity index (χ0n) is 7.64. The molecule has 1 aromatic carbocycles. The molecule has 0 radical (unpaired) electrons. The Morgan fingerprint density at radius 2 is 1.93 bits per heavy atom. The van der Waals surface area contributed by atoms with Crippen molar-refractivity contribution in [2.45, 2.75) is 12.7 Å². The van der Waals surface area contributed by atoms with E-state index in [4.69, 9.17) is 10.2 Å². The summed E-state index contributed by atoms with van der Waals surface area (Å²) < 4.78 is 41.6. The van der Waals surface area contributed by atoms with Crippen LogP contribution in [0, 0.1) is 0 Å². The number of hydrogen-bond acceptors (Lipinski definition) is 2. The number of alkyl halides is 3. The highest BCUT2D eigenvalue weighted by atomic mass is 19.4. The minimum absolute atomic E-state index is 0.213. The Hall–Kier alpha value is -1.49. The fraction of sp³-hybridized carbons (Fsp3) is 0.200. The molecule has 0 saturated carbocycles. The lowest BCUT2D eigenvalue weighted by Gasteiger charge is -1.99. The highest BCUT2D eigenvalue weighted by Gasteiger charge is 2.35. The van der Waals surface area contributed by atoms with E-state index in [1.54, 1.807) is 12.1 Å². The van der Waals surface area contributed by atoms with Crippen LogP contribution < -0.4 is 5.73 Å². The summed E-state index contributed by atoms with van der Waals surface area (Å²) in [6.07, 6.45) is -4.44. The van der Waals surface area contributed by atoms with E-state index in [1.165, 1.54) is 6.07 Å². The van der Waals surface area contributed by atoms with Gasteiger partial charge < -0.3 is 10.2 Å². The van der Waals surface area contributed by atoms with Crippen molar-refractivity contribution in [2.24, 2.45) is 5.73 Å². The van der Waals surface area contributed by atoms with Crippen LogP contribution in [0.5, 0.6) is 0 Å². The maximum atomic E-state index is 12.3. The van der Waals surface area contributed by atoms with Crippen molar-refractivity contribution < 1.29 is 17.6 Å². The van der Waals surface area contributed by atoms with Crippen molar-refractivity contribution in [1.82, 2.24) is 0 Å². The van der Waals surface area contributed by atoms with Gasteiger partial charge in [0.2, 0.25) is 5.76 Å². The molecule has 0 bridgehead atoms. The van der Waals surface area contributed by atoms with Gasteiger partial charge in [-0.2, -0.15) is 13.2 Å². The predicted molar refractivity (Wildman–Crippen MR) is 49.1 cm³/mol. The molecule has 0 saturated heterocycles. The van der Waals surface area contributed by atoms with Gasteiger partial charge in [0.1, 0.15) is 5.58 Å². The zero-order chi connectivity index (χ0) is 11.1. The first-order chi connectivity index (χ1) is 7.00. The third kappa shape index (κ3) is 1.83. The highest BCUT2D eigenvalue weighted by Crippen LogP contribution is 2.33. The van der Waals surface area contributed by atoms with Crippen LogP contribution in [-0.2, 0) is 12.7 Å². The summed E-state index contributed by atoms with van der Waals surface area (Å²) in [5.74, 6) is -0.980. The number of halogens is 3. The van der Waals surface area contributed by atoms with Gasteiger partial charge in [-0.25, -0.2) is 0 Å². The van der Waals surface area contributed by atoms with Gasteiger partial charge in [0.05, 0.1) is 0 Å². The number of fused-ring (bicyclic) bond motifs is 1. The van der Waals surface area contributed by atoms with Gasteiger partial charge in [-0.05, 0) is 17.7 Å². The van der Waals surface area contributed by atoms with E-state index in [-0.39, 0.29) is 12.1 Å². The van der Waals surface area contributed by atoms with Crippen LogP contribution in [-0.4, -0.2) is 0 Å². The summed E-state index contributed by atoms with van der Waals surface area (Å²) in [7, 11) is 0. The molecule has 80 valence electrons. The van der Waals surface area contributed by atoms with E-state index in [0.29, 0.717) is 5.39 Å². The van der Waals surface area contributed by atoms with E-state index in [0.717, 1.165) is 11.6 Å². The second-order valence-electron chi connectivity index (χ2n) is 3.18. The molecule has 1 heterocycles. The lowest BCUT2D eigenvalue weighted by atomic mass is 10.2. The number of furan rings is 1. The smallest absolute Gasteiger partial charge is 0.449 e. The molecule has 1 aromatic heterocycles. The summed E-state index contributed by atoms with van der Waals surface area (Å²) in [6.45, 7) is 0.276. The molecule has 0 spiro atoms. The first-order valence-corrected chi connectivity index (χ1v) is 4.30. The number of rotatable bonds is 1. The normalized spacial score (nSPS) is 12.3. The van der Waals surface area contributed by atoms with Crippen LogP contribution in [0.4, 0.5) is 13.2 Å². The van der Waals surface area contributed by atoms with Gasteiger partial charge in [-0.1, -0.05) is 12.1 Å². The standard InChI is InChI=1S/C10H8F3NO/c11-10(12,13)9-4-7-2-1-6(5-14)3-8(7)15-9/h1-4H,5,14H2.